The molecule has 1 aliphatic rings. The Hall–Kier alpha value is -1.69. The maximum absolute atomic E-state index is 14.0. The molecule has 0 amide bonds. The number of carbonyl (C=O) groups is 1. The summed E-state index contributed by atoms with van der Waals surface area (Å²) in [4.78, 5) is 16.5. The van der Waals surface area contributed by atoms with E-state index in [4.69, 9.17) is 10.2 Å². The number of anilines is 1. The van der Waals surface area contributed by atoms with Crippen molar-refractivity contribution in [3.8, 4) is 0 Å². The summed E-state index contributed by atoms with van der Waals surface area (Å²) in [5.74, 6) is -1.95. The molecule has 1 atom stereocenters. The van der Waals surface area contributed by atoms with E-state index >= 15 is 0 Å². The highest BCUT2D eigenvalue weighted by Gasteiger charge is 2.24. The fourth-order valence-electron chi connectivity index (χ4n) is 2.22. The Morgan fingerprint density at radius 2 is 2.39 bits per heavy atom. The van der Waals surface area contributed by atoms with Crippen LogP contribution in [0.5, 0.6) is 0 Å². The first-order chi connectivity index (χ1) is 8.63. The third kappa shape index (κ3) is 2.43. The lowest BCUT2D eigenvalue weighted by Crippen LogP contribution is -2.38. The number of carboxylic acids is 1. The van der Waals surface area contributed by atoms with Crippen LogP contribution in [0.1, 0.15) is 23.2 Å². The molecule has 2 rings (SSSR count). The Bertz CT molecular complexity index is 453. The number of aromatic carboxylic acids is 1. The van der Waals surface area contributed by atoms with Crippen LogP contribution in [-0.4, -0.2) is 40.9 Å². The minimum Gasteiger partial charge on any atom is -0.478 e. The van der Waals surface area contributed by atoms with Gasteiger partial charge in [0.15, 0.2) is 11.6 Å². The summed E-state index contributed by atoms with van der Waals surface area (Å²) in [5, 5.41) is 18.0. The standard InChI is InChI=1S/C12H15FN2O3/c13-10-9(12(17)18)3-4-14-11(10)15-5-1-2-8(6-15)7-16/h3-4,8,16H,1-2,5-7H2,(H,17,18). The third-order valence-corrected chi connectivity index (χ3v) is 3.18. The van der Waals surface area contributed by atoms with Crippen molar-refractivity contribution in [2.75, 3.05) is 24.6 Å². The van der Waals surface area contributed by atoms with Crippen molar-refractivity contribution in [1.29, 1.82) is 0 Å². The lowest BCUT2D eigenvalue weighted by molar-refractivity contribution is 0.0691. The average molecular weight is 254 g/mol. The lowest BCUT2D eigenvalue weighted by Gasteiger charge is -2.32. The Morgan fingerprint density at radius 1 is 1.61 bits per heavy atom. The largest absolute Gasteiger partial charge is 0.478 e. The number of hydrogen-bond acceptors (Lipinski definition) is 4. The molecule has 1 aromatic heterocycles. The van der Waals surface area contributed by atoms with E-state index in [0.717, 1.165) is 18.9 Å². The van der Waals surface area contributed by atoms with Crippen molar-refractivity contribution in [2.24, 2.45) is 5.92 Å². The molecule has 1 fully saturated rings. The number of hydrogen-bond donors (Lipinski definition) is 2. The molecule has 18 heavy (non-hydrogen) atoms. The Balaban J connectivity index is 2.27. The smallest absolute Gasteiger partial charge is 0.338 e. The monoisotopic (exact) mass is 254 g/mol. The first kappa shape index (κ1) is 12.8. The van der Waals surface area contributed by atoms with E-state index < -0.39 is 11.8 Å². The van der Waals surface area contributed by atoms with Crippen LogP contribution in [0, 0.1) is 11.7 Å². The molecule has 6 heteroatoms. The van der Waals surface area contributed by atoms with E-state index in [2.05, 4.69) is 4.98 Å². The quantitative estimate of drug-likeness (QED) is 0.845. The third-order valence-electron chi connectivity index (χ3n) is 3.18. The number of nitrogens with zero attached hydrogens (tertiary/aromatic N) is 2. The molecule has 1 unspecified atom stereocenters. The zero-order valence-electron chi connectivity index (χ0n) is 9.84. The summed E-state index contributed by atoms with van der Waals surface area (Å²) in [6, 6.07) is 1.15. The second-order valence-electron chi connectivity index (χ2n) is 4.44. The van der Waals surface area contributed by atoms with Gasteiger partial charge in [0.05, 0.1) is 0 Å². The first-order valence-corrected chi connectivity index (χ1v) is 5.87. The van der Waals surface area contributed by atoms with E-state index in [9.17, 15) is 9.18 Å². The molecular formula is C12H15FN2O3. The molecule has 0 saturated carbocycles. The first-order valence-electron chi connectivity index (χ1n) is 5.87. The normalized spacial score (nSPS) is 19.9. The van der Waals surface area contributed by atoms with E-state index in [0.29, 0.717) is 13.1 Å². The number of carboxylic acid groups (broad SMARTS) is 1. The maximum Gasteiger partial charge on any atom is 0.338 e. The van der Waals surface area contributed by atoms with Crippen LogP contribution in [0.15, 0.2) is 12.3 Å². The molecule has 0 aromatic carbocycles. The molecule has 1 aliphatic heterocycles. The number of aliphatic hydroxyl groups excluding tert-OH is 1. The Morgan fingerprint density at radius 3 is 3.06 bits per heavy atom. The fourth-order valence-corrected chi connectivity index (χ4v) is 2.22. The number of rotatable bonds is 3. The number of halogens is 1. The summed E-state index contributed by atoms with van der Waals surface area (Å²) < 4.78 is 14.0. The summed E-state index contributed by atoms with van der Waals surface area (Å²) in [7, 11) is 0. The summed E-state index contributed by atoms with van der Waals surface area (Å²) >= 11 is 0. The van der Waals surface area contributed by atoms with E-state index in [1.807, 2.05) is 0 Å². The molecule has 0 aliphatic carbocycles. The SMILES string of the molecule is O=C(O)c1ccnc(N2CCCC(CO)C2)c1F. The predicted octanol–water partition coefficient (Wildman–Crippen LogP) is 1.13. The van der Waals surface area contributed by atoms with Gasteiger partial charge in [0.25, 0.3) is 0 Å². The highest BCUT2D eigenvalue weighted by Crippen LogP contribution is 2.25. The van der Waals surface area contributed by atoms with Gasteiger partial charge in [0, 0.05) is 25.9 Å². The molecule has 0 spiro atoms. The minimum absolute atomic E-state index is 0.0523. The van der Waals surface area contributed by atoms with Gasteiger partial charge in [-0.05, 0) is 24.8 Å². The molecule has 0 radical (unpaired) electrons. The van der Waals surface area contributed by atoms with Crippen LogP contribution in [0.4, 0.5) is 10.2 Å². The Labute approximate surface area is 104 Å². The van der Waals surface area contributed by atoms with Gasteiger partial charge in [0.1, 0.15) is 5.56 Å². The highest BCUT2D eigenvalue weighted by molar-refractivity contribution is 5.88. The number of piperidine rings is 1. The van der Waals surface area contributed by atoms with Crippen molar-refractivity contribution in [3.63, 3.8) is 0 Å². The van der Waals surface area contributed by atoms with Crippen molar-refractivity contribution in [3.05, 3.63) is 23.6 Å². The molecule has 1 aromatic rings. The van der Waals surface area contributed by atoms with Gasteiger partial charge < -0.3 is 15.1 Å². The van der Waals surface area contributed by atoms with Crippen molar-refractivity contribution >= 4 is 11.8 Å². The van der Waals surface area contributed by atoms with Crippen LogP contribution in [-0.2, 0) is 0 Å². The van der Waals surface area contributed by atoms with Gasteiger partial charge in [-0.3, -0.25) is 0 Å². The van der Waals surface area contributed by atoms with Gasteiger partial charge >= 0.3 is 5.97 Å². The fraction of sp³-hybridized carbons (Fsp3) is 0.500. The molecular weight excluding hydrogens is 239 g/mol. The van der Waals surface area contributed by atoms with Crippen LogP contribution in [0.2, 0.25) is 0 Å². The summed E-state index contributed by atoms with van der Waals surface area (Å²) in [5.41, 5.74) is -0.369. The second kappa shape index (κ2) is 5.30. The van der Waals surface area contributed by atoms with Crippen LogP contribution < -0.4 is 4.90 Å². The second-order valence-corrected chi connectivity index (χ2v) is 4.44. The van der Waals surface area contributed by atoms with Crippen molar-refractivity contribution in [2.45, 2.75) is 12.8 Å². The molecule has 2 heterocycles. The Kier molecular flexibility index (Phi) is 3.76. The zero-order valence-corrected chi connectivity index (χ0v) is 9.84. The van der Waals surface area contributed by atoms with Crippen LogP contribution in [0.25, 0.3) is 0 Å². The van der Waals surface area contributed by atoms with Gasteiger partial charge in [-0.15, -0.1) is 0 Å². The van der Waals surface area contributed by atoms with E-state index in [-0.39, 0.29) is 23.9 Å². The van der Waals surface area contributed by atoms with Crippen molar-refractivity contribution in [1.82, 2.24) is 4.98 Å². The lowest BCUT2D eigenvalue weighted by atomic mass is 9.99. The minimum atomic E-state index is -1.30. The van der Waals surface area contributed by atoms with Gasteiger partial charge in [-0.2, -0.15) is 0 Å². The van der Waals surface area contributed by atoms with Gasteiger partial charge in [-0.25, -0.2) is 14.2 Å². The summed E-state index contributed by atoms with van der Waals surface area (Å²) in [6.45, 7) is 1.18. The topological polar surface area (TPSA) is 73.7 Å². The average Bonchev–Trinajstić information content (AvgIpc) is 2.38. The van der Waals surface area contributed by atoms with Gasteiger partial charge in [0.2, 0.25) is 0 Å². The van der Waals surface area contributed by atoms with E-state index in [1.54, 1.807) is 4.90 Å². The predicted molar refractivity (Wildman–Crippen MR) is 63.2 cm³/mol. The zero-order chi connectivity index (χ0) is 13.1. The molecule has 98 valence electrons. The maximum atomic E-state index is 14.0. The van der Waals surface area contributed by atoms with E-state index in [1.165, 1.54) is 6.20 Å². The number of aromatic nitrogens is 1. The highest BCUT2D eigenvalue weighted by atomic mass is 19.1. The molecule has 0 bridgehead atoms. The molecule has 2 N–H and O–H groups in total. The summed E-state index contributed by atoms with van der Waals surface area (Å²) in [6.07, 6.45) is 3.03. The molecule has 1 saturated heterocycles. The van der Waals surface area contributed by atoms with Gasteiger partial charge in [-0.1, -0.05) is 0 Å². The molecule has 5 nitrogen and oxygen atoms in total. The number of aliphatic hydroxyl groups is 1. The van der Waals surface area contributed by atoms with Crippen LogP contribution in [0.3, 0.4) is 0 Å². The van der Waals surface area contributed by atoms with Crippen LogP contribution >= 0.6 is 0 Å². The van der Waals surface area contributed by atoms with Crippen molar-refractivity contribution < 1.29 is 19.4 Å². The number of pyridine rings is 1.